The van der Waals surface area contributed by atoms with E-state index in [1.807, 2.05) is 25.1 Å². The number of nitrogens with zero attached hydrogens (tertiary/aromatic N) is 2. The van der Waals surface area contributed by atoms with Gasteiger partial charge in [0.25, 0.3) is 5.91 Å². The van der Waals surface area contributed by atoms with Gasteiger partial charge in [-0.3, -0.25) is 9.79 Å². The fraction of sp³-hybridized carbons (Fsp3) is 0.333. The molecule has 1 aliphatic rings. The van der Waals surface area contributed by atoms with Crippen molar-refractivity contribution in [2.45, 2.75) is 13.8 Å². The second-order valence-corrected chi connectivity index (χ2v) is 5.13. The first-order valence-electron chi connectivity index (χ1n) is 7.05. The third kappa shape index (κ3) is 4.41. The number of hydrogen-bond acceptors (Lipinski definition) is 4. The van der Waals surface area contributed by atoms with Crippen LogP contribution in [0.5, 0.6) is 0 Å². The molecule has 22 heavy (non-hydrogen) atoms. The van der Waals surface area contributed by atoms with Crippen LogP contribution in [0.2, 0.25) is 0 Å². The van der Waals surface area contributed by atoms with Gasteiger partial charge in [-0.25, -0.2) is 10.2 Å². The molecule has 1 unspecified atom stereocenters. The Labute approximate surface area is 128 Å². The van der Waals surface area contributed by atoms with Crippen LogP contribution in [0.15, 0.2) is 40.4 Å². The van der Waals surface area contributed by atoms with Gasteiger partial charge < -0.3 is 10.6 Å². The third-order valence-corrected chi connectivity index (χ3v) is 3.09. The molecule has 0 saturated carbocycles. The summed E-state index contributed by atoms with van der Waals surface area (Å²) in [6.07, 6.45) is 0. The molecule has 1 heterocycles. The van der Waals surface area contributed by atoms with Gasteiger partial charge in [0.1, 0.15) is 5.71 Å². The molecule has 0 radical (unpaired) electrons. The van der Waals surface area contributed by atoms with Crippen LogP contribution >= 0.6 is 0 Å². The highest BCUT2D eigenvalue weighted by molar-refractivity contribution is 6.66. The molecule has 0 aromatic heterocycles. The van der Waals surface area contributed by atoms with Crippen molar-refractivity contribution < 1.29 is 9.59 Å². The lowest BCUT2D eigenvalue weighted by molar-refractivity contribution is -0.114. The average Bonchev–Trinajstić information content (AvgIpc) is 2.68. The van der Waals surface area contributed by atoms with E-state index in [0.717, 1.165) is 0 Å². The van der Waals surface area contributed by atoms with Crippen LogP contribution in [0.1, 0.15) is 13.8 Å². The van der Waals surface area contributed by atoms with Gasteiger partial charge in [0.2, 0.25) is 0 Å². The van der Waals surface area contributed by atoms with E-state index < -0.39 is 6.03 Å². The molecule has 3 amide bonds. The number of carbonyl (C=O) groups is 2. The van der Waals surface area contributed by atoms with Crippen molar-refractivity contribution in [3.63, 3.8) is 0 Å². The molecule has 0 saturated heterocycles. The largest absolute Gasteiger partial charge is 0.350 e. The molecule has 1 atom stereocenters. The van der Waals surface area contributed by atoms with E-state index in [1.54, 1.807) is 19.1 Å². The maximum absolute atomic E-state index is 11.9. The minimum atomic E-state index is -0.478. The number of carbonyl (C=O) groups excluding carboxylic acids is 2. The van der Waals surface area contributed by atoms with Gasteiger partial charge >= 0.3 is 6.03 Å². The Morgan fingerprint density at radius 3 is 2.82 bits per heavy atom. The maximum Gasteiger partial charge on any atom is 0.339 e. The predicted octanol–water partition coefficient (Wildman–Crippen LogP) is 1.39. The molecule has 0 fully saturated rings. The van der Waals surface area contributed by atoms with Crippen LogP contribution in [-0.2, 0) is 4.79 Å². The molecule has 7 heteroatoms. The first-order valence-corrected chi connectivity index (χ1v) is 7.05. The minimum absolute atomic E-state index is 0.254. The fourth-order valence-corrected chi connectivity index (χ4v) is 1.88. The fourth-order valence-electron chi connectivity index (χ4n) is 1.88. The summed E-state index contributed by atoms with van der Waals surface area (Å²) in [5, 5.41) is 9.33. The molecule has 0 spiro atoms. The summed E-state index contributed by atoms with van der Waals surface area (Å²) in [4.78, 5) is 27.9. The second-order valence-electron chi connectivity index (χ2n) is 5.13. The summed E-state index contributed by atoms with van der Waals surface area (Å²) >= 11 is 0. The Hall–Kier alpha value is -2.70. The van der Waals surface area contributed by atoms with Gasteiger partial charge in [-0.1, -0.05) is 25.1 Å². The van der Waals surface area contributed by atoms with E-state index >= 15 is 0 Å². The first-order chi connectivity index (χ1) is 10.6. The van der Waals surface area contributed by atoms with Crippen molar-refractivity contribution in [1.29, 1.82) is 0 Å². The summed E-state index contributed by atoms with van der Waals surface area (Å²) in [6, 6.07) is 8.54. The SMILES string of the molecule is C/C(=N/NC(=O)Nc1ccccc1)C1=NCC(C)CNC1=O. The Morgan fingerprint density at radius 1 is 1.36 bits per heavy atom. The Balaban J connectivity index is 1.97. The van der Waals surface area contributed by atoms with Crippen molar-refractivity contribution in [3.05, 3.63) is 30.3 Å². The number of nitrogens with one attached hydrogen (secondary N) is 3. The number of aliphatic imine (C=N–C) groups is 1. The number of hydrogen-bond donors (Lipinski definition) is 3. The zero-order valence-electron chi connectivity index (χ0n) is 12.6. The summed E-state index contributed by atoms with van der Waals surface area (Å²) < 4.78 is 0. The molecular formula is C15H19N5O2. The minimum Gasteiger partial charge on any atom is -0.350 e. The number of rotatable bonds is 3. The van der Waals surface area contributed by atoms with Crippen LogP contribution in [-0.4, -0.2) is 36.5 Å². The molecular weight excluding hydrogens is 282 g/mol. The molecule has 0 aliphatic carbocycles. The van der Waals surface area contributed by atoms with Crippen LogP contribution < -0.4 is 16.1 Å². The van der Waals surface area contributed by atoms with Crippen LogP contribution in [0.3, 0.4) is 0 Å². The van der Waals surface area contributed by atoms with Crippen molar-refractivity contribution in [1.82, 2.24) is 10.7 Å². The number of anilines is 1. The zero-order chi connectivity index (χ0) is 15.9. The van der Waals surface area contributed by atoms with Gasteiger partial charge in [-0.15, -0.1) is 0 Å². The lowest BCUT2D eigenvalue weighted by Crippen LogP contribution is -2.36. The number of hydrazone groups is 1. The number of benzene rings is 1. The topological polar surface area (TPSA) is 94.9 Å². The van der Waals surface area contributed by atoms with Crippen molar-refractivity contribution in [2.24, 2.45) is 16.0 Å². The maximum atomic E-state index is 11.9. The molecule has 1 aromatic rings. The lowest BCUT2D eigenvalue weighted by atomic mass is 10.2. The molecule has 116 valence electrons. The predicted molar refractivity (Wildman–Crippen MR) is 86.2 cm³/mol. The molecule has 7 nitrogen and oxygen atoms in total. The molecule has 1 aliphatic heterocycles. The van der Waals surface area contributed by atoms with Gasteiger partial charge in [-0.05, 0) is 25.0 Å². The van der Waals surface area contributed by atoms with Crippen LogP contribution in [0.25, 0.3) is 0 Å². The van der Waals surface area contributed by atoms with E-state index in [1.165, 1.54) is 0 Å². The highest BCUT2D eigenvalue weighted by Crippen LogP contribution is 2.04. The lowest BCUT2D eigenvalue weighted by Gasteiger charge is -2.06. The van der Waals surface area contributed by atoms with E-state index in [0.29, 0.717) is 24.5 Å². The van der Waals surface area contributed by atoms with Gasteiger partial charge in [0.05, 0.1) is 5.71 Å². The Kier molecular flexibility index (Phi) is 5.24. The summed E-state index contributed by atoms with van der Waals surface area (Å²) in [6.45, 7) is 4.78. The Morgan fingerprint density at radius 2 is 2.09 bits per heavy atom. The van der Waals surface area contributed by atoms with E-state index in [2.05, 4.69) is 26.2 Å². The molecule has 3 N–H and O–H groups in total. The normalized spacial score (nSPS) is 18.8. The number of urea groups is 1. The quantitative estimate of drug-likeness (QED) is 0.581. The summed E-state index contributed by atoms with van der Waals surface area (Å²) in [5.41, 5.74) is 3.64. The molecule has 0 bridgehead atoms. The number of para-hydroxylation sites is 1. The summed E-state index contributed by atoms with van der Waals surface area (Å²) in [7, 11) is 0. The monoisotopic (exact) mass is 301 g/mol. The van der Waals surface area contributed by atoms with Gasteiger partial charge in [0.15, 0.2) is 0 Å². The zero-order valence-corrected chi connectivity index (χ0v) is 12.6. The highest BCUT2D eigenvalue weighted by atomic mass is 16.2. The van der Waals surface area contributed by atoms with Gasteiger partial charge in [0, 0.05) is 18.8 Å². The Bertz CT molecular complexity index is 610. The van der Waals surface area contributed by atoms with Crippen LogP contribution in [0, 0.1) is 5.92 Å². The smallest absolute Gasteiger partial charge is 0.339 e. The standard InChI is InChI=1S/C15H19N5O2/c1-10-8-16-13(14(21)17-9-10)11(2)19-20-15(22)18-12-6-4-3-5-7-12/h3-7,10H,8-9H2,1-2H3,(H,17,21)(H2,18,20,22)/b19-11-. The second kappa shape index (κ2) is 7.35. The molecule has 1 aromatic carbocycles. The van der Waals surface area contributed by atoms with Crippen molar-refractivity contribution in [3.8, 4) is 0 Å². The van der Waals surface area contributed by atoms with E-state index in [4.69, 9.17) is 0 Å². The first kappa shape index (κ1) is 15.7. The third-order valence-electron chi connectivity index (χ3n) is 3.09. The van der Waals surface area contributed by atoms with Crippen LogP contribution in [0.4, 0.5) is 10.5 Å². The van der Waals surface area contributed by atoms with E-state index in [9.17, 15) is 9.59 Å². The van der Waals surface area contributed by atoms with Crippen molar-refractivity contribution >= 4 is 29.0 Å². The molecule has 2 rings (SSSR count). The highest BCUT2D eigenvalue weighted by Gasteiger charge is 2.19. The number of amides is 3. The van der Waals surface area contributed by atoms with Crippen molar-refractivity contribution in [2.75, 3.05) is 18.4 Å². The van der Waals surface area contributed by atoms with E-state index in [-0.39, 0.29) is 17.5 Å². The summed E-state index contributed by atoms with van der Waals surface area (Å²) in [5.74, 6) is 0.0134. The van der Waals surface area contributed by atoms with Gasteiger partial charge in [-0.2, -0.15) is 5.10 Å². The average molecular weight is 301 g/mol.